The maximum atomic E-state index is 13.6. The first-order chi connectivity index (χ1) is 17.3. The third kappa shape index (κ3) is 4.97. The quantitative estimate of drug-likeness (QED) is 0.358. The molecule has 0 amide bonds. The minimum atomic E-state index is -4.01. The molecule has 0 spiro atoms. The predicted octanol–water partition coefficient (Wildman–Crippen LogP) is 4.11. The van der Waals surface area contributed by atoms with E-state index < -0.39 is 15.4 Å². The summed E-state index contributed by atoms with van der Waals surface area (Å²) in [6.45, 7) is 5.85. The highest BCUT2D eigenvalue weighted by Gasteiger charge is 2.30. The molecule has 0 aliphatic rings. The Labute approximate surface area is 217 Å². The van der Waals surface area contributed by atoms with Gasteiger partial charge in [-0.15, -0.1) is 0 Å². The standard InChI is InChI=1S/C28H32N4O4S/c1-28(2,3)21-15-20(16-25(26(21)34)37(35,36)30(4)5)24(33)18-32-23-14-10-9-13-22(23)31(27(32)29)17-19-11-7-6-8-12-19/h6-16,29,34H,17-18H2,1-5H3. The Kier molecular flexibility index (Phi) is 6.87. The third-order valence-corrected chi connectivity index (χ3v) is 8.25. The molecule has 3 aromatic carbocycles. The van der Waals surface area contributed by atoms with Gasteiger partial charge in [0.25, 0.3) is 0 Å². The summed E-state index contributed by atoms with van der Waals surface area (Å²) in [7, 11) is -1.25. The lowest BCUT2D eigenvalue weighted by molar-refractivity contribution is 0.0971. The number of hydrogen-bond acceptors (Lipinski definition) is 5. The van der Waals surface area contributed by atoms with Crippen LogP contribution in [0.2, 0.25) is 0 Å². The number of hydrogen-bond donors (Lipinski definition) is 2. The van der Waals surface area contributed by atoms with Gasteiger partial charge in [-0.1, -0.05) is 63.2 Å². The maximum absolute atomic E-state index is 13.6. The van der Waals surface area contributed by atoms with Crippen LogP contribution in [0.3, 0.4) is 0 Å². The van der Waals surface area contributed by atoms with E-state index >= 15 is 0 Å². The first-order valence-corrected chi connectivity index (χ1v) is 13.4. The second kappa shape index (κ2) is 9.64. The van der Waals surface area contributed by atoms with Crippen molar-refractivity contribution in [1.82, 2.24) is 13.4 Å². The van der Waals surface area contributed by atoms with Gasteiger partial charge in [0.05, 0.1) is 24.1 Å². The van der Waals surface area contributed by atoms with E-state index in [0.29, 0.717) is 12.1 Å². The highest BCUT2D eigenvalue weighted by Crippen LogP contribution is 2.37. The molecule has 0 unspecified atom stereocenters. The molecule has 4 aromatic rings. The van der Waals surface area contributed by atoms with Crippen LogP contribution in [0, 0.1) is 5.41 Å². The van der Waals surface area contributed by atoms with Crippen molar-refractivity contribution in [2.45, 2.75) is 44.2 Å². The monoisotopic (exact) mass is 520 g/mol. The lowest BCUT2D eigenvalue weighted by Gasteiger charge is -2.24. The normalized spacial score (nSPS) is 12.4. The van der Waals surface area contributed by atoms with Crippen molar-refractivity contribution in [2.24, 2.45) is 0 Å². The van der Waals surface area contributed by atoms with E-state index in [1.807, 2.05) is 79.9 Å². The number of para-hydroxylation sites is 2. The molecule has 194 valence electrons. The fourth-order valence-electron chi connectivity index (χ4n) is 4.35. The van der Waals surface area contributed by atoms with Crippen LogP contribution in [0.15, 0.2) is 71.6 Å². The van der Waals surface area contributed by atoms with E-state index in [-0.39, 0.29) is 34.2 Å². The van der Waals surface area contributed by atoms with Crippen LogP contribution < -0.4 is 5.62 Å². The summed E-state index contributed by atoms with van der Waals surface area (Å²) in [6, 6.07) is 20.1. The molecule has 0 saturated carbocycles. The maximum Gasteiger partial charge on any atom is 0.246 e. The zero-order valence-corrected chi connectivity index (χ0v) is 22.5. The van der Waals surface area contributed by atoms with Gasteiger partial charge in [-0.2, -0.15) is 0 Å². The number of nitrogens with zero attached hydrogens (tertiary/aromatic N) is 3. The summed E-state index contributed by atoms with van der Waals surface area (Å²) in [5, 5.41) is 19.8. The molecule has 9 heteroatoms. The summed E-state index contributed by atoms with van der Waals surface area (Å²) >= 11 is 0. The van der Waals surface area contributed by atoms with Crippen LogP contribution in [-0.4, -0.2) is 46.8 Å². The number of fused-ring (bicyclic) bond motifs is 1. The molecule has 0 aliphatic carbocycles. The number of Topliss-reactive ketones (excluding diaryl/α,β-unsaturated/α-hetero) is 1. The molecule has 1 aromatic heterocycles. The first kappa shape index (κ1) is 26.4. The Balaban J connectivity index is 1.83. The van der Waals surface area contributed by atoms with Crippen LogP contribution in [0.1, 0.15) is 42.3 Å². The molecule has 0 bridgehead atoms. The average molecular weight is 521 g/mol. The number of aromatic hydroxyl groups is 1. The van der Waals surface area contributed by atoms with E-state index in [9.17, 15) is 18.3 Å². The van der Waals surface area contributed by atoms with Gasteiger partial charge in [0.2, 0.25) is 15.6 Å². The van der Waals surface area contributed by atoms with Crippen LogP contribution in [-0.2, 0) is 28.5 Å². The molecule has 2 N–H and O–H groups in total. The first-order valence-electron chi connectivity index (χ1n) is 11.9. The Morgan fingerprint density at radius 3 is 2.08 bits per heavy atom. The van der Waals surface area contributed by atoms with E-state index in [4.69, 9.17) is 5.41 Å². The number of sulfonamides is 1. The van der Waals surface area contributed by atoms with Crippen LogP contribution in [0.4, 0.5) is 0 Å². The number of rotatable bonds is 7. The second-order valence-corrected chi connectivity index (χ2v) is 12.4. The number of phenolic OH excluding ortho intramolecular Hbond substituents is 1. The van der Waals surface area contributed by atoms with Crippen molar-refractivity contribution in [3.8, 4) is 5.75 Å². The summed E-state index contributed by atoms with van der Waals surface area (Å²) in [5.74, 6) is -0.715. The molecule has 0 radical (unpaired) electrons. The summed E-state index contributed by atoms with van der Waals surface area (Å²) < 4.78 is 30.5. The molecule has 8 nitrogen and oxygen atoms in total. The molecule has 0 fully saturated rings. The fourth-order valence-corrected chi connectivity index (χ4v) is 5.37. The molecule has 0 saturated heterocycles. The topological polar surface area (TPSA) is 108 Å². The van der Waals surface area contributed by atoms with Gasteiger partial charge in [-0.3, -0.25) is 10.2 Å². The third-order valence-electron chi connectivity index (χ3n) is 6.42. The SMILES string of the molecule is CN(C)S(=O)(=O)c1cc(C(=O)Cn2c(=N)n(Cc3ccccc3)c3ccccc32)cc(C(C)(C)C)c1O. The van der Waals surface area contributed by atoms with Crippen molar-refractivity contribution in [2.75, 3.05) is 14.1 Å². The van der Waals surface area contributed by atoms with Crippen molar-refractivity contribution < 1.29 is 18.3 Å². The number of imidazole rings is 1. The van der Waals surface area contributed by atoms with Crippen molar-refractivity contribution >= 4 is 26.8 Å². The van der Waals surface area contributed by atoms with Crippen molar-refractivity contribution in [1.29, 1.82) is 5.41 Å². The number of phenols is 1. The molecule has 0 atom stereocenters. The largest absolute Gasteiger partial charge is 0.506 e. The number of aromatic nitrogens is 2. The van der Waals surface area contributed by atoms with Crippen LogP contribution in [0.25, 0.3) is 11.0 Å². The molecular weight excluding hydrogens is 488 g/mol. The van der Waals surface area contributed by atoms with Gasteiger partial charge >= 0.3 is 0 Å². The Morgan fingerprint density at radius 2 is 1.51 bits per heavy atom. The number of ketones is 1. The Hall–Kier alpha value is -3.69. The highest BCUT2D eigenvalue weighted by atomic mass is 32.2. The Morgan fingerprint density at radius 1 is 0.946 bits per heavy atom. The smallest absolute Gasteiger partial charge is 0.246 e. The van der Waals surface area contributed by atoms with Crippen molar-refractivity contribution in [3.05, 3.63) is 89.0 Å². The molecule has 1 heterocycles. The van der Waals surface area contributed by atoms with Gasteiger partial charge in [-0.25, -0.2) is 12.7 Å². The minimum absolute atomic E-state index is 0.156. The van der Waals surface area contributed by atoms with E-state index in [1.165, 1.54) is 20.2 Å². The second-order valence-electron chi connectivity index (χ2n) is 10.3. The van der Waals surface area contributed by atoms with Gasteiger partial charge in [0, 0.05) is 25.2 Å². The van der Waals surface area contributed by atoms with E-state index in [2.05, 4.69) is 0 Å². The minimum Gasteiger partial charge on any atom is -0.506 e. The zero-order valence-electron chi connectivity index (χ0n) is 21.7. The lowest BCUT2D eigenvalue weighted by atomic mass is 9.85. The van der Waals surface area contributed by atoms with Gasteiger partial charge in [0.15, 0.2) is 5.78 Å². The van der Waals surface area contributed by atoms with Crippen LogP contribution in [0.5, 0.6) is 5.75 Å². The molecule has 0 aliphatic heterocycles. The van der Waals surface area contributed by atoms with Gasteiger partial charge < -0.3 is 14.2 Å². The molecular formula is C28H32N4O4S. The number of nitrogens with one attached hydrogen (secondary N) is 1. The zero-order chi connectivity index (χ0) is 27.1. The molecule has 37 heavy (non-hydrogen) atoms. The van der Waals surface area contributed by atoms with Crippen LogP contribution >= 0.6 is 0 Å². The molecule has 4 rings (SSSR count). The highest BCUT2D eigenvalue weighted by molar-refractivity contribution is 7.89. The van der Waals surface area contributed by atoms with Gasteiger partial charge in [0.1, 0.15) is 10.6 Å². The summed E-state index contributed by atoms with van der Waals surface area (Å²) in [6.07, 6.45) is 0. The predicted molar refractivity (Wildman–Crippen MR) is 143 cm³/mol. The average Bonchev–Trinajstić information content (AvgIpc) is 3.09. The van der Waals surface area contributed by atoms with E-state index in [0.717, 1.165) is 20.9 Å². The Bertz CT molecular complexity index is 1640. The van der Waals surface area contributed by atoms with Crippen molar-refractivity contribution in [3.63, 3.8) is 0 Å². The van der Waals surface area contributed by atoms with E-state index in [1.54, 1.807) is 10.6 Å². The number of carbonyl (C=O) groups excluding carboxylic acids is 1. The lowest BCUT2D eigenvalue weighted by Crippen LogP contribution is -2.28. The number of benzene rings is 3. The fraction of sp³-hybridized carbons (Fsp3) is 0.286. The number of carbonyl (C=O) groups is 1. The summed E-state index contributed by atoms with van der Waals surface area (Å²) in [4.78, 5) is 13.3. The summed E-state index contributed by atoms with van der Waals surface area (Å²) in [5.41, 5.74) is 2.65. The van der Waals surface area contributed by atoms with Gasteiger partial charge in [-0.05, 0) is 35.2 Å².